The molecule has 0 heterocycles. The summed E-state index contributed by atoms with van der Waals surface area (Å²) in [6, 6.07) is 0. The minimum Gasteiger partial charge on any atom is -0.480 e. The molecule has 4 nitrogen and oxygen atoms in total. The largest absolute Gasteiger partial charge is 0.480 e. The van der Waals surface area contributed by atoms with Crippen LogP contribution >= 0.6 is 10.7 Å². The van der Waals surface area contributed by atoms with Crippen LogP contribution in [0.25, 0.3) is 0 Å². The summed E-state index contributed by atoms with van der Waals surface area (Å²) in [7, 11) is 0.844. The second-order valence-electron chi connectivity index (χ2n) is 1.71. The minimum atomic E-state index is -3.94. The molecule has 0 spiro atoms. The third-order valence-electron chi connectivity index (χ3n) is 0.986. The number of hydrogen-bond donors (Lipinski definition) is 1. The first-order valence-corrected chi connectivity index (χ1v) is 4.93. The fraction of sp³-hybridized carbons (Fsp3) is 0.750. The number of rotatable bonds is 3. The molecule has 0 aromatic heterocycles. The SMILES string of the molecule is CCC(C(=O)O)S(=O)(=O)Cl. The molecule has 0 aliphatic heterocycles. The van der Waals surface area contributed by atoms with Gasteiger partial charge in [0.05, 0.1) is 0 Å². The zero-order valence-electron chi connectivity index (χ0n) is 5.24. The van der Waals surface area contributed by atoms with Crippen molar-refractivity contribution in [2.75, 3.05) is 0 Å². The van der Waals surface area contributed by atoms with Gasteiger partial charge < -0.3 is 5.11 Å². The lowest BCUT2D eigenvalue weighted by molar-refractivity contribution is -0.136. The Kier molecular flexibility index (Phi) is 3.11. The Balaban J connectivity index is 4.55. The average molecular weight is 187 g/mol. The third kappa shape index (κ3) is 2.53. The predicted molar refractivity (Wildman–Crippen MR) is 36.5 cm³/mol. The maximum absolute atomic E-state index is 10.4. The number of carboxylic acids is 1. The van der Waals surface area contributed by atoms with Crippen molar-refractivity contribution in [3.8, 4) is 0 Å². The third-order valence-corrected chi connectivity index (χ3v) is 2.85. The van der Waals surface area contributed by atoms with E-state index in [-0.39, 0.29) is 6.42 Å². The molecule has 0 aromatic rings. The van der Waals surface area contributed by atoms with Gasteiger partial charge in [0, 0.05) is 10.7 Å². The molecule has 0 amide bonds. The van der Waals surface area contributed by atoms with Crippen LogP contribution in [-0.4, -0.2) is 24.7 Å². The summed E-state index contributed by atoms with van der Waals surface area (Å²) in [6.07, 6.45) is -0.0127. The van der Waals surface area contributed by atoms with Crippen LogP contribution in [0.3, 0.4) is 0 Å². The van der Waals surface area contributed by atoms with Gasteiger partial charge in [0.25, 0.3) is 0 Å². The van der Waals surface area contributed by atoms with Crippen molar-refractivity contribution in [3.63, 3.8) is 0 Å². The van der Waals surface area contributed by atoms with Gasteiger partial charge >= 0.3 is 5.97 Å². The van der Waals surface area contributed by atoms with E-state index in [4.69, 9.17) is 15.8 Å². The second-order valence-corrected chi connectivity index (χ2v) is 4.52. The minimum absolute atomic E-state index is 0.0127. The number of halogens is 1. The van der Waals surface area contributed by atoms with Crippen molar-refractivity contribution in [3.05, 3.63) is 0 Å². The number of aliphatic carboxylic acids is 1. The highest BCUT2D eigenvalue weighted by atomic mass is 35.7. The number of carbonyl (C=O) groups is 1. The number of hydrogen-bond acceptors (Lipinski definition) is 3. The Morgan fingerprint density at radius 1 is 1.70 bits per heavy atom. The number of carboxylic acid groups (broad SMARTS) is 1. The van der Waals surface area contributed by atoms with Gasteiger partial charge in [-0.05, 0) is 6.42 Å². The smallest absolute Gasteiger partial charge is 0.323 e. The van der Waals surface area contributed by atoms with Gasteiger partial charge in [-0.3, -0.25) is 4.79 Å². The van der Waals surface area contributed by atoms with Gasteiger partial charge in [0.2, 0.25) is 9.05 Å². The molecule has 1 atom stereocenters. The fourth-order valence-electron chi connectivity index (χ4n) is 0.494. The molecule has 0 rings (SSSR count). The van der Waals surface area contributed by atoms with Crippen LogP contribution in [0.15, 0.2) is 0 Å². The molecule has 10 heavy (non-hydrogen) atoms. The summed E-state index contributed by atoms with van der Waals surface area (Å²) in [6.45, 7) is 1.44. The van der Waals surface area contributed by atoms with E-state index in [9.17, 15) is 13.2 Å². The highest BCUT2D eigenvalue weighted by molar-refractivity contribution is 8.14. The first-order chi connectivity index (χ1) is 4.39. The van der Waals surface area contributed by atoms with Gasteiger partial charge in [-0.2, -0.15) is 0 Å². The summed E-state index contributed by atoms with van der Waals surface area (Å²) in [5.74, 6) is -1.41. The lowest BCUT2D eigenvalue weighted by Crippen LogP contribution is -2.25. The van der Waals surface area contributed by atoms with Crippen molar-refractivity contribution in [1.29, 1.82) is 0 Å². The highest BCUT2D eigenvalue weighted by Crippen LogP contribution is 2.10. The monoisotopic (exact) mass is 186 g/mol. The van der Waals surface area contributed by atoms with Gasteiger partial charge in [0.15, 0.2) is 5.25 Å². The molecule has 1 unspecified atom stereocenters. The molecule has 0 aromatic carbocycles. The summed E-state index contributed by atoms with van der Waals surface area (Å²) in [5, 5.41) is 6.77. The molecule has 60 valence electrons. The van der Waals surface area contributed by atoms with E-state index < -0.39 is 20.3 Å². The van der Waals surface area contributed by atoms with E-state index in [1.54, 1.807) is 0 Å². The Morgan fingerprint density at radius 3 is 2.10 bits per heavy atom. The maximum atomic E-state index is 10.4. The van der Waals surface area contributed by atoms with Crippen LogP contribution in [0, 0.1) is 0 Å². The molecule has 1 N–H and O–H groups in total. The second kappa shape index (κ2) is 3.21. The Labute approximate surface area is 63.2 Å². The standard InChI is InChI=1S/C4H7ClO4S/c1-2-3(4(6)7)10(5,8)9/h3H,2H2,1H3,(H,6,7). The average Bonchev–Trinajstić information content (AvgIpc) is 1.60. The Morgan fingerprint density at radius 2 is 2.10 bits per heavy atom. The molecular formula is C4H7ClO4S. The van der Waals surface area contributed by atoms with Crippen LogP contribution < -0.4 is 0 Å². The van der Waals surface area contributed by atoms with Crippen LogP contribution in [0.5, 0.6) is 0 Å². The van der Waals surface area contributed by atoms with Crippen molar-refractivity contribution in [2.45, 2.75) is 18.6 Å². The Hall–Kier alpha value is -0.290. The molecule has 0 bridgehead atoms. The Bertz CT molecular complexity index is 219. The van der Waals surface area contributed by atoms with Crippen LogP contribution in [-0.2, 0) is 13.8 Å². The lowest BCUT2D eigenvalue weighted by Gasteiger charge is -2.02. The molecule has 0 aliphatic carbocycles. The van der Waals surface area contributed by atoms with Crippen molar-refractivity contribution < 1.29 is 18.3 Å². The van der Waals surface area contributed by atoms with E-state index in [1.165, 1.54) is 6.92 Å². The molecule has 0 fully saturated rings. The van der Waals surface area contributed by atoms with Crippen LogP contribution in [0.2, 0.25) is 0 Å². The molecule has 0 aliphatic rings. The molecular weight excluding hydrogens is 180 g/mol. The summed E-state index contributed by atoms with van der Waals surface area (Å²) in [5.41, 5.74) is 0. The normalized spacial score (nSPS) is 14.6. The van der Waals surface area contributed by atoms with Gasteiger partial charge in [-0.15, -0.1) is 0 Å². The van der Waals surface area contributed by atoms with Crippen molar-refractivity contribution in [2.24, 2.45) is 0 Å². The van der Waals surface area contributed by atoms with Gasteiger partial charge in [-0.25, -0.2) is 8.42 Å². The lowest BCUT2D eigenvalue weighted by atomic mass is 10.3. The zero-order chi connectivity index (χ0) is 8.36. The first-order valence-electron chi connectivity index (χ1n) is 2.56. The quantitative estimate of drug-likeness (QED) is 0.649. The van der Waals surface area contributed by atoms with Gasteiger partial charge in [0.1, 0.15) is 0 Å². The molecule has 0 saturated carbocycles. The summed E-state index contributed by atoms with van der Waals surface area (Å²) >= 11 is 0. The first kappa shape index (κ1) is 9.71. The van der Waals surface area contributed by atoms with E-state index in [1.807, 2.05) is 0 Å². The van der Waals surface area contributed by atoms with Crippen LogP contribution in [0.4, 0.5) is 0 Å². The molecule has 0 saturated heterocycles. The molecule has 6 heteroatoms. The summed E-state index contributed by atoms with van der Waals surface area (Å²) < 4.78 is 20.8. The van der Waals surface area contributed by atoms with Gasteiger partial charge in [-0.1, -0.05) is 6.92 Å². The fourth-order valence-corrected chi connectivity index (χ4v) is 1.74. The van der Waals surface area contributed by atoms with Crippen molar-refractivity contribution in [1.82, 2.24) is 0 Å². The van der Waals surface area contributed by atoms with E-state index >= 15 is 0 Å². The zero-order valence-corrected chi connectivity index (χ0v) is 6.82. The predicted octanol–water partition coefficient (Wildman–Crippen LogP) is 0.418. The highest BCUT2D eigenvalue weighted by Gasteiger charge is 2.28. The van der Waals surface area contributed by atoms with E-state index in [0.717, 1.165) is 0 Å². The maximum Gasteiger partial charge on any atom is 0.323 e. The van der Waals surface area contributed by atoms with E-state index in [2.05, 4.69) is 0 Å². The van der Waals surface area contributed by atoms with Crippen molar-refractivity contribution >= 4 is 25.7 Å². The summed E-state index contributed by atoms with van der Waals surface area (Å²) in [4.78, 5) is 10.1. The van der Waals surface area contributed by atoms with E-state index in [0.29, 0.717) is 0 Å². The molecule has 0 radical (unpaired) electrons. The van der Waals surface area contributed by atoms with Crippen LogP contribution in [0.1, 0.15) is 13.3 Å². The topological polar surface area (TPSA) is 71.4 Å².